The van der Waals surface area contributed by atoms with E-state index < -0.39 is 0 Å². The molecule has 3 aliphatic rings. The van der Waals surface area contributed by atoms with Gasteiger partial charge in [-0.25, -0.2) is 0 Å². The van der Waals surface area contributed by atoms with Gasteiger partial charge in [-0.15, -0.1) is 0 Å². The molecule has 26 heavy (non-hydrogen) atoms. The monoisotopic (exact) mass is 355 g/mol. The Hall–Kier alpha value is -1.98. The summed E-state index contributed by atoms with van der Waals surface area (Å²) >= 11 is 0. The third-order valence-corrected chi connectivity index (χ3v) is 6.30. The first-order valence-electron chi connectivity index (χ1n) is 9.40. The molecule has 1 N–H and O–H groups in total. The van der Waals surface area contributed by atoms with Crippen LogP contribution in [-0.4, -0.2) is 54.6 Å². The van der Waals surface area contributed by atoms with Gasteiger partial charge in [-0.3, -0.25) is 9.59 Å². The molecule has 0 spiro atoms. The first-order chi connectivity index (χ1) is 12.6. The topological polar surface area (TPSA) is 66.8 Å². The molecular weight excluding hydrogens is 330 g/mol. The number of likely N-dealkylation sites (tertiary alicyclic amines) is 1. The molecule has 1 amide bonds. The summed E-state index contributed by atoms with van der Waals surface area (Å²) < 4.78 is 5.55. The smallest absolute Gasteiger partial charge is 0.227 e. The molecule has 5 heteroatoms. The number of carbonyl (C=O) groups excluding carboxylic acids is 2. The molecule has 0 unspecified atom stereocenters. The second-order valence-electron chi connectivity index (χ2n) is 7.74. The van der Waals surface area contributed by atoms with Crippen molar-refractivity contribution in [3.8, 4) is 0 Å². The molecule has 1 aliphatic carbocycles. The number of nitrogens with zero attached hydrogens (tertiary/aromatic N) is 1. The number of aliphatic hydroxyl groups is 1. The molecule has 1 aromatic carbocycles. The molecule has 2 atom stereocenters. The summed E-state index contributed by atoms with van der Waals surface area (Å²) in [6.07, 6.45) is 2.15. The zero-order valence-electron chi connectivity index (χ0n) is 14.9. The van der Waals surface area contributed by atoms with Crippen LogP contribution in [-0.2, 0) is 14.3 Å². The molecule has 0 aromatic heterocycles. The Bertz CT molecular complexity index is 742. The number of aliphatic hydroxyl groups excluding tert-OH is 1. The number of amides is 1. The number of carbonyl (C=O) groups is 2. The van der Waals surface area contributed by atoms with Crippen molar-refractivity contribution in [3.05, 3.63) is 41.5 Å². The molecule has 1 aromatic rings. The Morgan fingerprint density at radius 3 is 2.81 bits per heavy atom. The maximum absolute atomic E-state index is 12.9. The van der Waals surface area contributed by atoms with Crippen LogP contribution in [0, 0.1) is 11.3 Å². The Morgan fingerprint density at radius 1 is 1.27 bits per heavy atom. The Morgan fingerprint density at radius 2 is 2.08 bits per heavy atom. The van der Waals surface area contributed by atoms with Crippen LogP contribution in [0.3, 0.4) is 0 Å². The van der Waals surface area contributed by atoms with Crippen molar-refractivity contribution in [1.29, 1.82) is 0 Å². The van der Waals surface area contributed by atoms with Crippen LogP contribution < -0.4 is 0 Å². The van der Waals surface area contributed by atoms with Crippen molar-refractivity contribution in [3.63, 3.8) is 0 Å². The van der Waals surface area contributed by atoms with Crippen LogP contribution in [0.15, 0.2) is 35.9 Å². The molecule has 4 rings (SSSR count). The van der Waals surface area contributed by atoms with Crippen LogP contribution in [0.4, 0.5) is 0 Å². The van der Waals surface area contributed by atoms with E-state index in [1.54, 1.807) is 0 Å². The molecule has 2 fully saturated rings. The minimum Gasteiger partial charge on any atom is -0.396 e. The van der Waals surface area contributed by atoms with Crippen LogP contribution in [0.25, 0.3) is 5.57 Å². The number of fused-ring (bicyclic) bond motifs is 1. The van der Waals surface area contributed by atoms with Gasteiger partial charge < -0.3 is 14.7 Å². The minimum absolute atomic E-state index is 0.00842. The number of benzene rings is 1. The van der Waals surface area contributed by atoms with E-state index in [-0.39, 0.29) is 36.1 Å². The number of allylic oxidation sites excluding steroid dienone is 1. The number of ether oxygens (including phenoxy) is 1. The molecule has 2 aliphatic heterocycles. The van der Waals surface area contributed by atoms with Gasteiger partial charge in [0.25, 0.3) is 0 Å². The van der Waals surface area contributed by atoms with Gasteiger partial charge in [-0.05, 0) is 24.0 Å². The van der Waals surface area contributed by atoms with E-state index in [9.17, 15) is 14.7 Å². The van der Waals surface area contributed by atoms with Gasteiger partial charge in [0.05, 0.1) is 19.6 Å². The van der Waals surface area contributed by atoms with E-state index >= 15 is 0 Å². The Kier molecular flexibility index (Phi) is 4.67. The molecule has 0 bridgehead atoms. The van der Waals surface area contributed by atoms with E-state index in [0.29, 0.717) is 44.7 Å². The quantitative estimate of drug-likeness (QED) is 0.898. The van der Waals surface area contributed by atoms with Crippen LogP contribution >= 0.6 is 0 Å². The van der Waals surface area contributed by atoms with Crippen molar-refractivity contribution < 1.29 is 19.4 Å². The van der Waals surface area contributed by atoms with Gasteiger partial charge in [0.2, 0.25) is 5.91 Å². The number of ketones is 1. The van der Waals surface area contributed by atoms with Crippen molar-refractivity contribution in [2.45, 2.75) is 25.7 Å². The lowest BCUT2D eigenvalue weighted by Gasteiger charge is -2.36. The fraction of sp³-hybridized carbons (Fsp3) is 0.524. The van der Waals surface area contributed by atoms with Crippen molar-refractivity contribution in [2.75, 3.05) is 32.9 Å². The van der Waals surface area contributed by atoms with Gasteiger partial charge in [0.15, 0.2) is 5.78 Å². The number of hydrogen-bond acceptors (Lipinski definition) is 4. The zero-order chi connectivity index (χ0) is 18.1. The largest absolute Gasteiger partial charge is 0.396 e. The average molecular weight is 355 g/mol. The summed E-state index contributed by atoms with van der Waals surface area (Å²) in [5.41, 5.74) is 2.49. The highest BCUT2D eigenvalue weighted by Crippen LogP contribution is 2.42. The first-order valence-corrected chi connectivity index (χ1v) is 9.40. The van der Waals surface area contributed by atoms with Crippen molar-refractivity contribution in [2.24, 2.45) is 11.3 Å². The average Bonchev–Trinajstić information content (AvgIpc) is 3.24. The van der Waals surface area contributed by atoms with Gasteiger partial charge in [0, 0.05) is 43.0 Å². The molecule has 138 valence electrons. The summed E-state index contributed by atoms with van der Waals surface area (Å²) in [6, 6.07) is 9.87. The van der Waals surface area contributed by atoms with E-state index in [1.165, 1.54) is 0 Å². The maximum Gasteiger partial charge on any atom is 0.227 e. The van der Waals surface area contributed by atoms with Gasteiger partial charge >= 0.3 is 0 Å². The Labute approximate surface area is 153 Å². The van der Waals surface area contributed by atoms with Gasteiger partial charge in [-0.1, -0.05) is 30.3 Å². The fourth-order valence-corrected chi connectivity index (χ4v) is 4.63. The third kappa shape index (κ3) is 2.99. The highest BCUT2D eigenvalue weighted by Gasteiger charge is 2.49. The molecular formula is C21H25NO4. The first kappa shape index (κ1) is 17.4. The maximum atomic E-state index is 12.9. The SMILES string of the molecule is O=C1CCC(c2ccccc2)=C1CC(=O)N1C[C@@H]2COCC[C@]2(CO)C1. The minimum atomic E-state index is -0.232. The number of hydrogen-bond donors (Lipinski definition) is 1. The van der Waals surface area contributed by atoms with E-state index in [4.69, 9.17) is 4.74 Å². The molecule has 0 radical (unpaired) electrons. The van der Waals surface area contributed by atoms with Crippen molar-refractivity contribution in [1.82, 2.24) is 4.90 Å². The van der Waals surface area contributed by atoms with Crippen LogP contribution in [0.2, 0.25) is 0 Å². The number of Topliss-reactive ketones (excluding diaryl/α,β-unsaturated/α-hetero) is 1. The molecule has 2 heterocycles. The van der Waals surface area contributed by atoms with Crippen molar-refractivity contribution >= 4 is 17.3 Å². The lowest BCUT2D eigenvalue weighted by molar-refractivity contribution is -0.130. The summed E-state index contributed by atoms with van der Waals surface area (Å²) in [7, 11) is 0. The number of rotatable bonds is 4. The summed E-state index contributed by atoms with van der Waals surface area (Å²) in [6.45, 7) is 2.50. The zero-order valence-corrected chi connectivity index (χ0v) is 14.9. The lowest BCUT2D eigenvalue weighted by Crippen LogP contribution is -2.41. The second-order valence-corrected chi connectivity index (χ2v) is 7.74. The normalized spacial score (nSPS) is 28.6. The summed E-state index contributed by atoms with van der Waals surface area (Å²) in [5, 5.41) is 9.91. The summed E-state index contributed by atoms with van der Waals surface area (Å²) in [4.78, 5) is 27.2. The standard InChI is InChI=1S/C21H25NO4/c23-14-21-8-9-26-12-16(21)11-22(13-21)20(25)10-18-17(6-7-19(18)24)15-4-2-1-3-5-15/h1-5,16,23H,6-14H2/t16-,21-/m1/s1. The summed E-state index contributed by atoms with van der Waals surface area (Å²) in [5.74, 6) is 0.270. The van der Waals surface area contributed by atoms with Crippen LogP contribution in [0.5, 0.6) is 0 Å². The highest BCUT2D eigenvalue weighted by atomic mass is 16.5. The van der Waals surface area contributed by atoms with E-state index in [1.807, 2.05) is 35.2 Å². The predicted molar refractivity (Wildman–Crippen MR) is 97.2 cm³/mol. The van der Waals surface area contributed by atoms with Crippen LogP contribution in [0.1, 0.15) is 31.2 Å². The van der Waals surface area contributed by atoms with E-state index in [2.05, 4.69) is 0 Å². The lowest BCUT2D eigenvalue weighted by atomic mass is 9.75. The predicted octanol–water partition coefficient (Wildman–Crippen LogP) is 2.05. The molecule has 0 saturated carbocycles. The van der Waals surface area contributed by atoms with E-state index in [0.717, 1.165) is 17.6 Å². The molecule has 5 nitrogen and oxygen atoms in total. The third-order valence-electron chi connectivity index (χ3n) is 6.30. The fourth-order valence-electron chi connectivity index (χ4n) is 4.63. The highest BCUT2D eigenvalue weighted by molar-refractivity contribution is 6.10. The second kappa shape index (κ2) is 6.97. The Balaban J connectivity index is 1.53. The molecule has 2 saturated heterocycles. The van der Waals surface area contributed by atoms with Gasteiger partial charge in [0.1, 0.15) is 0 Å². The van der Waals surface area contributed by atoms with Gasteiger partial charge in [-0.2, -0.15) is 0 Å².